The quantitative estimate of drug-likeness (QED) is 0.680. The van der Waals surface area contributed by atoms with Crippen molar-refractivity contribution in [3.63, 3.8) is 0 Å². The van der Waals surface area contributed by atoms with Crippen LogP contribution in [0.3, 0.4) is 0 Å². The maximum atomic E-state index is 12.0. The fourth-order valence-electron chi connectivity index (χ4n) is 1.55. The number of nitro benzene ring substituents is 1. The molecule has 1 N–H and O–H groups in total. The minimum atomic E-state index is -0.665. The number of hydrogen-bond acceptors (Lipinski definition) is 6. The minimum absolute atomic E-state index is 0.0933. The highest BCUT2D eigenvalue weighted by molar-refractivity contribution is 6.33. The van der Waals surface area contributed by atoms with Crippen LogP contribution in [0, 0.1) is 20.2 Å². The molecule has 0 aliphatic rings. The Labute approximate surface area is 127 Å². The number of anilines is 1. The molecular weight excluding hydrogens is 316 g/mol. The Hall–Kier alpha value is -3.07. The van der Waals surface area contributed by atoms with E-state index in [2.05, 4.69) is 10.3 Å². The summed E-state index contributed by atoms with van der Waals surface area (Å²) in [6.07, 6.45) is 0.998. The third-order valence-electron chi connectivity index (χ3n) is 2.61. The highest BCUT2D eigenvalue weighted by Gasteiger charge is 2.16. The molecule has 0 radical (unpaired) electrons. The molecule has 0 aliphatic heterocycles. The van der Waals surface area contributed by atoms with Crippen molar-refractivity contribution >= 4 is 34.7 Å². The summed E-state index contributed by atoms with van der Waals surface area (Å²) in [4.78, 5) is 35.5. The molecule has 22 heavy (non-hydrogen) atoms. The Morgan fingerprint density at radius 3 is 2.36 bits per heavy atom. The molecule has 10 heteroatoms. The van der Waals surface area contributed by atoms with Gasteiger partial charge in [-0.3, -0.25) is 25.0 Å². The third-order valence-corrected chi connectivity index (χ3v) is 2.91. The standard InChI is InChI=1S/C12H7ClN4O5/c13-9-5-7(1-3-10(9)17(21)22)12(18)15-11-4-2-8(6-14-11)16(19)20/h1-6H,(H,14,15,18). The number of nitro groups is 2. The molecule has 2 rings (SSSR count). The second-order valence-corrected chi connectivity index (χ2v) is 4.44. The lowest BCUT2D eigenvalue weighted by Gasteiger charge is -2.04. The fourth-order valence-corrected chi connectivity index (χ4v) is 1.80. The Morgan fingerprint density at radius 2 is 1.86 bits per heavy atom. The smallest absolute Gasteiger partial charge is 0.287 e. The fraction of sp³-hybridized carbons (Fsp3) is 0. The first-order valence-corrected chi connectivity index (χ1v) is 6.12. The van der Waals surface area contributed by atoms with Crippen molar-refractivity contribution in [3.05, 3.63) is 67.3 Å². The van der Waals surface area contributed by atoms with E-state index in [4.69, 9.17) is 11.6 Å². The van der Waals surface area contributed by atoms with Crippen molar-refractivity contribution < 1.29 is 14.6 Å². The first kappa shape index (κ1) is 15.3. The van der Waals surface area contributed by atoms with E-state index in [0.717, 1.165) is 18.3 Å². The summed E-state index contributed by atoms with van der Waals surface area (Å²) in [5.41, 5.74) is -0.432. The van der Waals surface area contributed by atoms with E-state index >= 15 is 0 Å². The Morgan fingerprint density at radius 1 is 1.14 bits per heavy atom. The summed E-state index contributed by atoms with van der Waals surface area (Å²) in [6, 6.07) is 5.96. The van der Waals surface area contributed by atoms with Gasteiger partial charge >= 0.3 is 0 Å². The van der Waals surface area contributed by atoms with Crippen LogP contribution in [0.1, 0.15) is 10.4 Å². The van der Waals surface area contributed by atoms with Crippen LogP contribution in [0.5, 0.6) is 0 Å². The van der Waals surface area contributed by atoms with Crippen LogP contribution in [0.25, 0.3) is 0 Å². The van der Waals surface area contributed by atoms with E-state index in [1.165, 1.54) is 18.2 Å². The van der Waals surface area contributed by atoms with Crippen LogP contribution in [0.4, 0.5) is 17.2 Å². The molecule has 1 aromatic heterocycles. The van der Waals surface area contributed by atoms with Gasteiger partial charge in [0.15, 0.2) is 0 Å². The first-order chi connectivity index (χ1) is 10.4. The number of amides is 1. The molecule has 1 heterocycles. The van der Waals surface area contributed by atoms with Gasteiger partial charge in [-0.2, -0.15) is 0 Å². The molecule has 0 fully saturated rings. The lowest BCUT2D eigenvalue weighted by atomic mass is 10.2. The zero-order chi connectivity index (χ0) is 16.3. The van der Waals surface area contributed by atoms with Crippen molar-refractivity contribution in [1.82, 2.24) is 4.98 Å². The van der Waals surface area contributed by atoms with Crippen LogP contribution >= 0.6 is 11.6 Å². The molecule has 1 aromatic carbocycles. The predicted molar refractivity (Wildman–Crippen MR) is 77.0 cm³/mol. The highest BCUT2D eigenvalue weighted by atomic mass is 35.5. The second kappa shape index (κ2) is 6.14. The van der Waals surface area contributed by atoms with E-state index in [1.807, 2.05) is 0 Å². The second-order valence-electron chi connectivity index (χ2n) is 4.04. The van der Waals surface area contributed by atoms with Gasteiger partial charge in [0.05, 0.1) is 9.85 Å². The molecule has 2 aromatic rings. The van der Waals surface area contributed by atoms with Gasteiger partial charge in [-0.25, -0.2) is 4.98 Å². The van der Waals surface area contributed by atoms with Crippen LogP contribution in [-0.2, 0) is 0 Å². The number of benzene rings is 1. The predicted octanol–water partition coefficient (Wildman–Crippen LogP) is 2.80. The van der Waals surface area contributed by atoms with Crippen LogP contribution in [0.15, 0.2) is 36.5 Å². The summed E-state index contributed by atoms with van der Waals surface area (Å²) < 4.78 is 0. The minimum Gasteiger partial charge on any atom is -0.307 e. The number of carbonyl (C=O) groups is 1. The molecule has 0 spiro atoms. The van der Waals surface area contributed by atoms with E-state index in [0.29, 0.717) is 0 Å². The molecule has 112 valence electrons. The molecule has 0 bridgehead atoms. The SMILES string of the molecule is O=C(Nc1ccc([N+](=O)[O-])cn1)c1ccc([N+](=O)[O-])c(Cl)c1. The summed E-state index contributed by atoms with van der Waals surface area (Å²) in [6.45, 7) is 0. The van der Waals surface area contributed by atoms with Crippen molar-refractivity contribution in [3.8, 4) is 0 Å². The third kappa shape index (κ3) is 3.33. The van der Waals surface area contributed by atoms with Crippen molar-refractivity contribution in [1.29, 1.82) is 0 Å². The van der Waals surface area contributed by atoms with Crippen molar-refractivity contribution in [2.45, 2.75) is 0 Å². The summed E-state index contributed by atoms with van der Waals surface area (Å²) in [5, 5.41) is 23.4. The summed E-state index contributed by atoms with van der Waals surface area (Å²) in [5.74, 6) is -0.497. The Balaban J connectivity index is 2.17. The Kier molecular flexibility index (Phi) is 4.28. The molecule has 9 nitrogen and oxygen atoms in total. The number of nitrogens with one attached hydrogen (secondary N) is 1. The Bertz CT molecular complexity index is 763. The van der Waals surface area contributed by atoms with Gasteiger partial charge in [0.2, 0.25) is 0 Å². The van der Waals surface area contributed by atoms with Crippen LogP contribution in [0.2, 0.25) is 5.02 Å². The zero-order valence-electron chi connectivity index (χ0n) is 10.7. The molecule has 0 unspecified atom stereocenters. The number of hydrogen-bond donors (Lipinski definition) is 1. The van der Waals surface area contributed by atoms with Gasteiger partial charge in [-0.05, 0) is 18.2 Å². The van der Waals surface area contributed by atoms with E-state index in [-0.39, 0.29) is 27.8 Å². The van der Waals surface area contributed by atoms with Gasteiger partial charge in [0.1, 0.15) is 17.0 Å². The van der Waals surface area contributed by atoms with Crippen molar-refractivity contribution in [2.75, 3.05) is 5.32 Å². The molecule has 0 atom stereocenters. The highest BCUT2D eigenvalue weighted by Crippen LogP contribution is 2.25. The zero-order valence-corrected chi connectivity index (χ0v) is 11.5. The number of aromatic nitrogens is 1. The summed E-state index contributed by atoms with van der Waals surface area (Å²) >= 11 is 5.71. The number of carbonyl (C=O) groups excluding carboxylic acids is 1. The number of halogens is 1. The molecule has 0 aliphatic carbocycles. The van der Waals surface area contributed by atoms with Crippen LogP contribution in [-0.4, -0.2) is 20.7 Å². The van der Waals surface area contributed by atoms with E-state index < -0.39 is 15.8 Å². The number of nitrogens with zero attached hydrogens (tertiary/aromatic N) is 3. The maximum absolute atomic E-state index is 12.0. The largest absolute Gasteiger partial charge is 0.307 e. The molecular formula is C12H7ClN4O5. The van der Waals surface area contributed by atoms with Gasteiger partial charge in [-0.15, -0.1) is 0 Å². The van der Waals surface area contributed by atoms with E-state index in [1.54, 1.807) is 0 Å². The van der Waals surface area contributed by atoms with Crippen LogP contribution < -0.4 is 5.32 Å². The maximum Gasteiger partial charge on any atom is 0.287 e. The molecule has 0 saturated heterocycles. The number of pyridine rings is 1. The lowest BCUT2D eigenvalue weighted by molar-refractivity contribution is -0.385. The normalized spacial score (nSPS) is 10.0. The van der Waals surface area contributed by atoms with Gasteiger partial charge in [0.25, 0.3) is 17.3 Å². The molecule has 0 saturated carbocycles. The molecule has 1 amide bonds. The number of rotatable bonds is 4. The monoisotopic (exact) mass is 322 g/mol. The first-order valence-electron chi connectivity index (χ1n) is 5.74. The van der Waals surface area contributed by atoms with Gasteiger partial charge in [0, 0.05) is 17.7 Å². The van der Waals surface area contributed by atoms with Gasteiger partial charge in [-0.1, -0.05) is 11.6 Å². The average molecular weight is 323 g/mol. The lowest BCUT2D eigenvalue weighted by Crippen LogP contribution is -2.13. The summed E-state index contributed by atoms with van der Waals surface area (Å²) in [7, 11) is 0. The van der Waals surface area contributed by atoms with Crippen molar-refractivity contribution in [2.24, 2.45) is 0 Å². The topological polar surface area (TPSA) is 128 Å². The van der Waals surface area contributed by atoms with E-state index in [9.17, 15) is 25.0 Å². The van der Waals surface area contributed by atoms with Gasteiger partial charge < -0.3 is 5.32 Å². The average Bonchev–Trinajstić information content (AvgIpc) is 2.47.